The summed E-state index contributed by atoms with van der Waals surface area (Å²) < 4.78 is 5.21. The molecule has 5 nitrogen and oxygen atoms in total. The molecular formula is C21H37IN4O. The van der Waals surface area contributed by atoms with Crippen LogP contribution in [0.1, 0.15) is 44.7 Å². The van der Waals surface area contributed by atoms with Crippen LogP contribution in [-0.2, 0) is 17.8 Å². The van der Waals surface area contributed by atoms with Crippen molar-refractivity contribution in [2.75, 3.05) is 33.4 Å². The third-order valence-electron chi connectivity index (χ3n) is 4.94. The molecule has 1 unspecified atom stereocenters. The number of likely N-dealkylation sites (tertiary alicyclic amines) is 1. The number of nitrogens with one attached hydrogen (secondary N) is 2. The van der Waals surface area contributed by atoms with E-state index in [2.05, 4.69) is 60.6 Å². The Morgan fingerprint density at radius 2 is 1.93 bits per heavy atom. The quantitative estimate of drug-likeness (QED) is 0.334. The fraction of sp³-hybridized carbons (Fsp3) is 0.667. The molecule has 1 aliphatic heterocycles. The average Bonchev–Trinajstić information content (AvgIpc) is 2.63. The Morgan fingerprint density at radius 1 is 1.26 bits per heavy atom. The second-order valence-electron chi connectivity index (χ2n) is 7.42. The molecule has 1 heterocycles. The maximum Gasteiger partial charge on any atom is 0.191 e. The van der Waals surface area contributed by atoms with Gasteiger partial charge in [0.1, 0.15) is 0 Å². The predicted molar refractivity (Wildman–Crippen MR) is 125 cm³/mol. The average molecular weight is 488 g/mol. The van der Waals surface area contributed by atoms with Crippen LogP contribution >= 0.6 is 24.0 Å². The van der Waals surface area contributed by atoms with E-state index in [1.54, 1.807) is 7.11 Å². The molecule has 0 spiro atoms. The number of hydrogen-bond acceptors (Lipinski definition) is 3. The second kappa shape index (κ2) is 13.3. The molecule has 2 N–H and O–H groups in total. The van der Waals surface area contributed by atoms with Crippen molar-refractivity contribution in [3.05, 3.63) is 35.4 Å². The number of benzene rings is 1. The zero-order valence-corrected chi connectivity index (χ0v) is 19.7. The minimum Gasteiger partial charge on any atom is -0.383 e. The van der Waals surface area contributed by atoms with Gasteiger partial charge in [-0.05, 0) is 56.8 Å². The molecule has 1 aliphatic rings. The second-order valence-corrected chi connectivity index (χ2v) is 7.42. The summed E-state index contributed by atoms with van der Waals surface area (Å²) in [7, 11) is 1.72. The van der Waals surface area contributed by atoms with Gasteiger partial charge in [0.15, 0.2) is 5.96 Å². The molecule has 1 saturated heterocycles. The molecular weight excluding hydrogens is 451 g/mol. The summed E-state index contributed by atoms with van der Waals surface area (Å²) in [5.41, 5.74) is 2.70. The molecule has 1 atom stereocenters. The molecule has 1 aromatic rings. The summed E-state index contributed by atoms with van der Waals surface area (Å²) in [6, 6.07) is 8.92. The number of methoxy groups -OCH3 is 1. The molecule has 1 aromatic carbocycles. The van der Waals surface area contributed by atoms with Crippen LogP contribution in [0.3, 0.4) is 0 Å². The molecule has 2 rings (SSSR count). The Hall–Kier alpha value is -0.860. The van der Waals surface area contributed by atoms with E-state index >= 15 is 0 Å². The maximum atomic E-state index is 5.21. The van der Waals surface area contributed by atoms with E-state index in [-0.39, 0.29) is 30.0 Å². The zero-order chi connectivity index (χ0) is 18.8. The summed E-state index contributed by atoms with van der Waals surface area (Å²) in [5.74, 6) is 1.72. The van der Waals surface area contributed by atoms with Crippen molar-refractivity contribution in [3.8, 4) is 0 Å². The first kappa shape index (κ1) is 24.2. The van der Waals surface area contributed by atoms with Gasteiger partial charge in [0.2, 0.25) is 0 Å². The minimum absolute atomic E-state index is 0. The van der Waals surface area contributed by atoms with Gasteiger partial charge >= 0.3 is 0 Å². The number of piperidine rings is 1. The fourth-order valence-electron chi connectivity index (χ4n) is 3.34. The lowest BCUT2D eigenvalue weighted by atomic mass is 9.98. The Labute approximate surface area is 182 Å². The van der Waals surface area contributed by atoms with Gasteiger partial charge in [0, 0.05) is 26.2 Å². The Bertz CT molecular complexity index is 559. The molecule has 6 heteroatoms. The summed E-state index contributed by atoms with van der Waals surface area (Å²) >= 11 is 0. The molecule has 0 bridgehead atoms. The van der Waals surface area contributed by atoms with Crippen LogP contribution in [0, 0.1) is 5.92 Å². The molecule has 0 radical (unpaired) electrons. The SMILES string of the molecule is CCNC(=NCc1ccccc1CN1CCC(C)CC1)NC(C)COC.I. The van der Waals surface area contributed by atoms with Crippen molar-refractivity contribution in [2.24, 2.45) is 10.9 Å². The van der Waals surface area contributed by atoms with Crippen LogP contribution in [0.25, 0.3) is 0 Å². The standard InChI is InChI=1S/C21H36N4O.HI/c1-5-22-21(24-18(3)16-26-4)23-14-19-8-6-7-9-20(19)15-25-12-10-17(2)11-13-25;/h6-9,17-18H,5,10-16H2,1-4H3,(H2,22,23,24);1H. The lowest BCUT2D eigenvalue weighted by Gasteiger charge is -2.30. The van der Waals surface area contributed by atoms with Crippen molar-refractivity contribution in [2.45, 2.75) is 52.7 Å². The summed E-state index contributed by atoms with van der Waals surface area (Å²) in [6.07, 6.45) is 2.62. The number of guanidine groups is 1. The van der Waals surface area contributed by atoms with Gasteiger partial charge in [-0.15, -0.1) is 24.0 Å². The van der Waals surface area contributed by atoms with E-state index in [0.29, 0.717) is 13.2 Å². The number of hydrogen-bond donors (Lipinski definition) is 2. The third kappa shape index (κ3) is 8.79. The molecule has 0 saturated carbocycles. The first-order valence-electron chi connectivity index (χ1n) is 9.95. The Morgan fingerprint density at radius 3 is 2.56 bits per heavy atom. The van der Waals surface area contributed by atoms with Gasteiger partial charge in [0.05, 0.1) is 13.2 Å². The van der Waals surface area contributed by atoms with E-state index in [9.17, 15) is 0 Å². The molecule has 27 heavy (non-hydrogen) atoms. The van der Waals surface area contributed by atoms with Gasteiger partial charge in [-0.25, -0.2) is 4.99 Å². The first-order chi connectivity index (χ1) is 12.6. The lowest BCUT2D eigenvalue weighted by molar-refractivity contribution is 0.179. The van der Waals surface area contributed by atoms with Crippen molar-refractivity contribution < 1.29 is 4.74 Å². The lowest BCUT2D eigenvalue weighted by Crippen LogP contribution is -2.43. The Balaban J connectivity index is 0.00000364. The fourth-order valence-corrected chi connectivity index (χ4v) is 3.34. The van der Waals surface area contributed by atoms with Gasteiger partial charge in [-0.2, -0.15) is 0 Å². The van der Waals surface area contributed by atoms with Crippen LogP contribution in [0.2, 0.25) is 0 Å². The number of rotatable bonds is 8. The van der Waals surface area contributed by atoms with Gasteiger partial charge in [0.25, 0.3) is 0 Å². The third-order valence-corrected chi connectivity index (χ3v) is 4.94. The molecule has 0 aliphatic carbocycles. The number of halogens is 1. The Kier molecular flexibility index (Phi) is 11.9. The highest BCUT2D eigenvalue weighted by Gasteiger charge is 2.16. The zero-order valence-electron chi connectivity index (χ0n) is 17.3. The van der Waals surface area contributed by atoms with Gasteiger partial charge in [-0.3, -0.25) is 4.90 Å². The van der Waals surface area contributed by atoms with E-state index in [0.717, 1.165) is 25.0 Å². The van der Waals surface area contributed by atoms with Crippen LogP contribution in [0.15, 0.2) is 29.3 Å². The summed E-state index contributed by atoms with van der Waals surface area (Å²) in [4.78, 5) is 7.37. The van der Waals surface area contributed by atoms with Crippen LogP contribution in [-0.4, -0.2) is 50.3 Å². The number of nitrogens with zero attached hydrogens (tertiary/aromatic N) is 2. The molecule has 154 valence electrons. The molecule has 0 aromatic heterocycles. The van der Waals surface area contributed by atoms with Crippen molar-refractivity contribution in [3.63, 3.8) is 0 Å². The van der Waals surface area contributed by atoms with Crippen molar-refractivity contribution >= 4 is 29.9 Å². The highest BCUT2D eigenvalue weighted by molar-refractivity contribution is 14.0. The van der Waals surface area contributed by atoms with Crippen molar-refractivity contribution in [1.82, 2.24) is 15.5 Å². The maximum absolute atomic E-state index is 5.21. The number of aliphatic imine (C=N–C) groups is 1. The summed E-state index contributed by atoms with van der Waals surface area (Å²) in [6.45, 7) is 12.2. The van der Waals surface area contributed by atoms with Crippen molar-refractivity contribution in [1.29, 1.82) is 0 Å². The first-order valence-corrected chi connectivity index (χ1v) is 9.95. The van der Waals surface area contributed by atoms with E-state index in [1.165, 1.54) is 37.1 Å². The smallest absolute Gasteiger partial charge is 0.191 e. The van der Waals surface area contributed by atoms with E-state index in [4.69, 9.17) is 9.73 Å². The van der Waals surface area contributed by atoms with Crippen LogP contribution in [0.5, 0.6) is 0 Å². The highest BCUT2D eigenvalue weighted by Crippen LogP contribution is 2.20. The summed E-state index contributed by atoms with van der Waals surface area (Å²) in [5, 5.41) is 6.72. The van der Waals surface area contributed by atoms with Crippen LogP contribution < -0.4 is 10.6 Å². The normalized spacial score (nSPS) is 17.3. The van der Waals surface area contributed by atoms with E-state index < -0.39 is 0 Å². The minimum atomic E-state index is 0. The monoisotopic (exact) mass is 488 g/mol. The number of ether oxygens (including phenoxy) is 1. The molecule has 1 fully saturated rings. The predicted octanol–water partition coefficient (Wildman–Crippen LogP) is 3.63. The van der Waals surface area contributed by atoms with Gasteiger partial charge < -0.3 is 15.4 Å². The largest absolute Gasteiger partial charge is 0.383 e. The van der Waals surface area contributed by atoms with E-state index in [1.807, 2.05) is 0 Å². The van der Waals surface area contributed by atoms with Gasteiger partial charge in [-0.1, -0.05) is 31.2 Å². The molecule has 0 amide bonds. The highest BCUT2D eigenvalue weighted by atomic mass is 127. The van der Waals surface area contributed by atoms with Crippen LogP contribution in [0.4, 0.5) is 0 Å². The topological polar surface area (TPSA) is 48.9 Å².